The molecule has 2 rings (SSSR count). The third-order valence-electron chi connectivity index (χ3n) is 2.49. The van der Waals surface area contributed by atoms with Gasteiger partial charge in [-0.2, -0.15) is 0 Å². The predicted molar refractivity (Wildman–Crippen MR) is 71.1 cm³/mol. The minimum absolute atomic E-state index is 0.406. The van der Waals surface area contributed by atoms with Crippen molar-refractivity contribution in [2.75, 3.05) is 7.11 Å². The molecule has 0 aliphatic rings. The van der Waals surface area contributed by atoms with Crippen LogP contribution in [0.15, 0.2) is 30.6 Å². The van der Waals surface area contributed by atoms with Gasteiger partial charge in [-0.3, -0.25) is 0 Å². The van der Waals surface area contributed by atoms with Crippen LogP contribution in [-0.2, 0) is 0 Å². The van der Waals surface area contributed by atoms with E-state index >= 15 is 0 Å². The molecule has 1 unspecified atom stereocenters. The molecule has 6 heteroatoms. The lowest BCUT2D eigenvalue weighted by atomic mass is 10.0. The van der Waals surface area contributed by atoms with Gasteiger partial charge < -0.3 is 10.5 Å². The zero-order valence-corrected chi connectivity index (χ0v) is 11.1. The molecule has 1 aromatic heterocycles. The number of hydrogen-bond acceptors (Lipinski definition) is 4. The van der Waals surface area contributed by atoms with E-state index in [4.69, 9.17) is 33.7 Å². The number of nitrogens with zero attached hydrogens (tertiary/aromatic N) is 2. The van der Waals surface area contributed by atoms with Crippen molar-refractivity contribution in [2.24, 2.45) is 5.73 Å². The fourth-order valence-corrected chi connectivity index (χ4v) is 1.82. The number of rotatable bonds is 3. The molecule has 0 saturated carbocycles. The molecular formula is C12H11Cl2N3O. The van der Waals surface area contributed by atoms with Crippen LogP contribution >= 0.6 is 23.2 Å². The Morgan fingerprint density at radius 1 is 1.17 bits per heavy atom. The average Bonchev–Trinajstić information content (AvgIpc) is 2.41. The van der Waals surface area contributed by atoms with Crippen molar-refractivity contribution in [3.05, 3.63) is 51.9 Å². The van der Waals surface area contributed by atoms with Gasteiger partial charge in [0.1, 0.15) is 6.33 Å². The van der Waals surface area contributed by atoms with Crippen molar-refractivity contribution < 1.29 is 4.74 Å². The molecule has 0 aliphatic heterocycles. The van der Waals surface area contributed by atoms with Crippen LogP contribution in [0.2, 0.25) is 10.0 Å². The van der Waals surface area contributed by atoms with Gasteiger partial charge in [-0.05, 0) is 17.7 Å². The Bertz CT molecular complexity index is 563. The highest BCUT2D eigenvalue weighted by Gasteiger charge is 2.13. The van der Waals surface area contributed by atoms with Gasteiger partial charge in [0.15, 0.2) is 0 Å². The summed E-state index contributed by atoms with van der Waals surface area (Å²) in [6.07, 6.45) is 1.41. The van der Waals surface area contributed by atoms with E-state index in [0.717, 1.165) is 5.56 Å². The first-order valence-electron chi connectivity index (χ1n) is 5.18. The summed E-state index contributed by atoms with van der Waals surface area (Å²) in [6.45, 7) is 0. The maximum atomic E-state index is 6.11. The van der Waals surface area contributed by atoms with E-state index in [1.807, 2.05) is 6.07 Å². The van der Waals surface area contributed by atoms with Gasteiger partial charge in [-0.15, -0.1) is 0 Å². The lowest BCUT2D eigenvalue weighted by Crippen LogP contribution is -2.14. The molecule has 0 saturated heterocycles. The summed E-state index contributed by atoms with van der Waals surface area (Å²) in [5, 5.41) is 0.957. The van der Waals surface area contributed by atoms with Crippen LogP contribution in [0.5, 0.6) is 5.88 Å². The molecule has 0 bridgehead atoms. The van der Waals surface area contributed by atoms with Crippen LogP contribution in [0.25, 0.3) is 0 Å². The van der Waals surface area contributed by atoms with Crippen molar-refractivity contribution in [2.45, 2.75) is 6.04 Å². The van der Waals surface area contributed by atoms with E-state index in [-0.39, 0.29) is 0 Å². The van der Waals surface area contributed by atoms with Gasteiger partial charge in [0.2, 0.25) is 5.88 Å². The fourth-order valence-electron chi connectivity index (χ4n) is 1.51. The zero-order valence-electron chi connectivity index (χ0n) is 9.60. The van der Waals surface area contributed by atoms with E-state index in [1.54, 1.807) is 18.2 Å². The minimum atomic E-state index is -0.406. The lowest BCUT2D eigenvalue weighted by molar-refractivity contribution is 0.395. The summed E-state index contributed by atoms with van der Waals surface area (Å²) in [4.78, 5) is 8.05. The Labute approximate surface area is 115 Å². The van der Waals surface area contributed by atoms with Crippen LogP contribution in [-0.4, -0.2) is 17.1 Å². The van der Waals surface area contributed by atoms with Crippen molar-refractivity contribution >= 4 is 23.2 Å². The Kier molecular flexibility index (Phi) is 4.01. The maximum Gasteiger partial charge on any atom is 0.216 e. The topological polar surface area (TPSA) is 61.0 Å². The lowest BCUT2D eigenvalue weighted by Gasteiger charge is -2.12. The predicted octanol–water partition coefficient (Wildman–Crippen LogP) is 2.84. The Balaban J connectivity index is 2.34. The summed E-state index contributed by atoms with van der Waals surface area (Å²) in [7, 11) is 1.54. The van der Waals surface area contributed by atoms with E-state index in [2.05, 4.69) is 9.97 Å². The number of benzene rings is 1. The first-order chi connectivity index (χ1) is 8.61. The second-order valence-electron chi connectivity index (χ2n) is 3.64. The van der Waals surface area contributed by atoms with Gasteiger partial charge in [0, 0.05) is 6.07 Å². The number of hydrogen-bond donors (Lipinski definition) is 1. The molecular weight excluding hydrogens is 273 g/mol. The molecule has 4 nitrogen and oxygen atoms in total. The number of methoxy groups -OCH3 is 1. The first-order valence-corrected chi connectivity index (χ1v) is 5.94. The first kappa shape index (κ1) is 13.1. The van der Waals surface area contributed by atoms with Crippen LogP contribution < -0.4 is 10.5 Å². The highest BCUT2D eigenvalue weighted by molar-refractivity contribution is 6.42. The molecule has 0 fully saturated rings. The highest BCUT2D eigenvalue weighted by Crippen LogP contribution is 2.27. The summed E-state index contributed by atoms with van der Waals surface area (Å²) in [5.74, 6) is 0.468. The number of aromatic nitrogens is 2. The monoisotopic (exact) mass is 283 g/mol. The van der Waals surface area contributed by atoms with Crippen molar-refractivity contribution in [3.8, 4) is 5.88 Å². The molecule has 0 amide bonds. The Morgan fingerprint density at radius 2 is 1.94 bits per heavy atom. The molecule has 94 valence electrons. The largest absolute Gasteiger partial charge is 0.481 e. The maximum absolute atomic E-state index is 6.11. The molecule has 2 aromatic rings. The molecule has 18 heavy (non-hydrogen) atoms. The third-order valence-corrected chi connectivity index (χ3v) is 3.23. The van der Waals surface area contributed by atoms with E-state index in [1.165, 1.54) is 13.4 Å². The third kappa shape index (κ3) is 2.72. The molecule has 1 aromatic carbocycles. The Morgan fingerprint density at radius 3 is 2.61 bits per heavy atom. The number of halogens is 2. The normalized spacial score (nSPS) is 12.2. The van der Waals surface area contributed by atoms with E-state index in [9.17, 15) is 0 Å². The van der Waals surface area contributed by atoms with Crippen LogP contribution in [0.4, 0.5) is 0 Å². The van der Waals surface area contributed by atoms with Crippen molar-refractivity contribution in [3.63, 3.8) is 0 Å². The average molecular weight is 284 g/mol. The summed E-state index contributed by atoms with van der Waals surface area (Å²) >= 11 is 11.8. The standard InChI is InChI=1S/C12H11Cl2N3O/c1-18-11-5-10(16-6-17-11)12(15)7-2-3-8(13)9(14)4-7/h2-6,12H,15H2,1H3. The van der Waals surface area contributed by atoms with Crippen LogP contribution in [0.1, 0.15) is 17.3 Å². The fraction of sp³-hybridized carbons (Fsp3) is 0.167. The van der Waals surface area contributed by atoms with E-state index < -0.39 is 6.04 Å². The zero-order chi connectivity index (χ0) is 13.1. The molecule has 2 N–H and O–H groups in total. The van der Waals surface area contributed by atoms with Crippen molar-refractivity contribution in [1.82, 2.24) is 9.97 Å². The van der Waals surface area contributed by atoms with Crippen LogP contribution in [0, 0.1) is 0 Å². The molecule has 0 aliphatic carbocycles. The minimum Gasteiger partial charge on any atom is -0.481 e. The molecule has 1 atom stereocenters. The van der Waals surface area contributed by atoms with Gasteiger partial charge in [0.05, 0.1) is 28.9 Å². The van der Waals surface area contributed by atoms with Crippen molar-refractivity contribution in [1.29, 1.82) is 0 Å². The summed E-state index contributed by atoms with van der Waals surface area (Å²) in [6, 6.07) is 6.53. The van der Waals surface area contributed by atoms with Gasteiger partial charge in [-0.1, -0.05) is 29.3 Å². The molecule has 0 spiro atoms. The quantitative estimate of drug-likeness (QED) is 0.941. The summed E-state index contributed by atoms with van der Waals surface area (Å²) in [5.41, 5.74) is 7.59. The van der Waals surface area contributed by atoms with E-state index in [0.29, 0.717) is 21.6 Å². The van der Waals surface area contributed by atoms with Gasteiger partial charge >= 0.3 is 0 Å². The van der Waals surface area contributed by atoms with Gasteiger partial charge in [0.25, 0.3) is 0 Å². The highest BCUT2D eigenvalue weighted by atomic mass is 35.5. The smallest absolute Gasteiger partial charge is 0.216 e. The number of ether oxygens (including phenoxy) is 1. The second kappa shape index (κ2) is 5.52. The summed E-state index contributed by atoms with van der Waals surface area (Å²) < 4.78 is 5.03. The molecule has 1 heterocycles. The van der Waals surface area contributed by atoms with Gasteiger partial charge in [-0.25, -0.2) is 9.97 Å². The van der Waals surface area contributed by atoms with Crippen LogP contribution in [0.3, 0.4) is 0 Å². The SMILES string of the molecule is COc1cc(C(N)c2ccc(Cl)c(Cl)c2)ncn1. The molecule has 0 radical (unpaired) electrons. The number of nitrogens with two attached hydrogens (primary N) is 1. The second-order valence-corrected chi connectivity index (χ2v) is 4.45. The Hall–Kier alpha value is -1.36.